The average Bonchev–Trinajstić information content (AvgIpc) is 2.06. The van der Waals surface area contributed by atoms with E-state index in [9.17, 15) is 0 Å². The van der Waals surface area contributed by atoms with Crippen molar-refractivity contribution in [3.05, 3.63) is 36.9 Å². The minimum absolute atomic E-state index is 0.365. The lowest BCUT2D eigenvalue weighted by Gasteiger charge is -2.01. The molecule has 0 aromatic carbocycles. The van der Waals surface area contributed by atoms with Crippen LogP contribution in [-0.2, 0) is 4.74 Å². The molecular formula is C8H9N2O. The molecule has 0 aliphatic rings. The fourth-order valence-corrected chi connectivity index (χ4v) is 0.593. The summed E-state index contributed by atoms with van der Waals surface area (Å²) >= 11 is 0. The first-order valence-corrected chi connectivity index (χ1v) is 3.18. The van der Waals surface area contributed by atoms with E-state index in [-0.39, 0.29) is 0 Å². The van der Waals surface area contributed by atoms with Crippen molar-refractivity contribution in [2.75, 3.05) is 7.11 Å². The summed E-state index contributed by atoms with van der Waals surface area (Å²) in [5.74, 6) is 0.975. The highest BCUT2D eigenvalue weighted by Gasteiger charge is 1.95. The van der Waals surface area contributed by atoms with E-state index in [4.69, 9.17) is 4.74 Å². The molecule has 0 saturated carbocycles. The van der Waals surface area contributed by atoms with Gasteiger partial charge in [0.25, 0.3) is 0 Å². The minimum Gasteiger partial charge on any atom is -0.481 e. The molecule has 0 aliphatic carbocycles. The van der Waals surface area contributed by atoms with Crippen molar-refractivity contribution in [1.82, 2.24) is 10.3 Å². The molecule has 0 atom stereocenters. The van der Waals surface area contributed by atoms with Gasteiger partial charge in [-0.3, -0.25) is 0 Å². The first kappa shape index (κ1) is 7.60. The van der Waals surface area contributed by atoms with Crippen molar-refractivity contribution in [3.8, 4) is 0 Å². The molecule has 11 heavy (non-hydrogen) atoms. The first-order valence-electron chi connectivity index (χ1n) is 3.18. The van der Waals surface area contributed by atoms with Gasteiger partial charge in [0.1, 0.15) is 0 Å². The first-order chi connectivity index (χ1) is 5.33. The van der Waals surface area contributed by atoms with Crippen LogP contribution in [0.5, 0.6) is 0 Å². The summed E-state index contributed by atoms with van der Waals surface area (Å²) in [7, 11) is 1.52. The fraction of sp³-hybridized carbons (Fsp3) is 0.125. The van der Waals surface area contributed by atoms with Crippen LogP contribution in [0.25, 0.3) is 0 Å². The molecule has 0 saturated heterocycles. The molecule has 1 aromatic heterocycles. The Kier molecular flexibility index (Phi) is 2.49. The van der Waals surface area contributed by atoms with Gasteiger partial charge < -0.3 is 4.74 Å². The molecule has 1 radical (unpaired) electrons. The van der Waals surface area contributed by atoms with Crippen LogP contribution >= 0.6 is 0 Å². The third-order valence-electron chi connectivity index (χ3n) is 1.12. The molecular weight excluding hydrogens is 140 g/mol. The zero-order valence-corrected chi connectivity index (χ0v) is 6.32. The maximum Gasteiger partial charge on any atom is 0.207 e. The second-order valence-electron chi connectivity index (χ2n) is 1.90. The summed E-state index contributed by atoms with van der Waals surface area (Å²) in [5.41, 5.74) is 0. The summed E-state index contributed by atoms with van der Waals surface area (Å²) in [6, 6.07) is 5.47. The molecule has 0 amide bonds. The van der Waals surface area contributed by atoms with Gasteiger partial charge in [0, 0.05) is 6.20 Å². The Morgan fingerprint density at radius 1 is 1.64 bits per heavy atom. The molecule has 3 heteroatoms. The van der Waals surface area contributed by atoms with E-state index in [1.54, 1.807) is 12.3 Å². The zero-order valence-electron chi connectivity index (χ0n) is 6.32. The lowest BCUT2D eigenvalue weighted by molar-refractivity contribution is 0.273. The van der Waals surface area contributed by atoms with Crippen LogP contribution < -0.4 is 5.32 Å². The van der Waals surface area contributed by atoms with Gasteiger partial charge in [0.15, 0.2) is 5.82 Å². The summed E-state index contributed by atoms with van der Waals surface area (Å²) < 4.78 is 4.75. The largest absolute Gasteiger partial charge is 0.481 e. The second-order valence-corrected chi connectivity index (χ2v) is 1.90. The molecule has 3 nitrogen and oxygen atoms in total. The molecule has 0 N–H and O–H groups in total. The third kappa shape index (κ3) is 2.29. The predicted molar refractivity (Wildman–Crippen MR) is 42.2 cm³/mol. The van der Waals surface area contributed by atoms with E-state index in [1.807, 2.05) is 12.1 Å². The predicted octanol–water partition coefficient (Wildman–Crippen LogP) is 1.44. The molecule has 1 aromatic rings. The molecule has 0 fully saturated rings. The minimum atomic E-state index is 0.365. The Labute approximate surface area is 65.7 Å². The lowest BCUT2D eigenvalue weighted by Crippen LogP contribution is -1.99. The van der Waals surface area contributed by atoms with Gasteiger partial charge in [-0.15, -0.1) is 0 Å². The Balaban J connectivity index is 2.58. The van der Waals surface area contributed by atoms with Gasteiger partial charge in [-0.25, -0.2) is 4.98 Å². The SMILES string of the molecule is C=C([N]c1ccccn1)OC. The normalized spacial score (nSPS) is 8.82. The highest BCUT2D eigenvalue weighted by Crippen LogP contribution is 2.03. The van der Waals surface area contributed by atoms with Gasteiger partial charge in [-0.1, -0.05) is 6.07 Å². The number of rotatable bonds is 3. The molecule has 0 aliphatic heterocycles. The number of nitrogens with zero attached hydrogens (tertiary/aromatic N) is 2. The number of ether oxygens (including phenoxy) is 1. The van der Waals surface area contributed by atoms with E-state index in [0.29, 0.717) is 11.7 Å². The monoisotopic (exact) mass is 149 g/mol. The number of aromatic nitrogens is 1. The van der Waals surface area contributed by atoms with Gasteiger partial charge in [-0.2, -0.15) is 5.32 Å². The summed E-state index contributed by atoms with van der Waals surface area (Å²) in [5, 5.41) is 3.95. The van der Waals surface area contributed by atoms with Crippen molar-refractivity contribution < 1.29 is 4.74 Å². The molecule has 57 valence electrons. The van der Waals surface area contributed by atoms with Gasteiger partial charge in [0.2, 0.25) is 5.88 Å². The summed E-state index contributed by atoms with van der Waals surface area (Å²) in [4.78, 5) is 3.96. The van der Waals surface area contributed by atoms with Crippen molar-refractivity contribution in [3.63, 3.8) is 0 Å². The highest BCUT2D eigenvalue weighted by molar-refractivity contribution is 5.26. The third-order valence-corrected chi connectivity index (χ3v) is 1.12. The van der Waals surface area contributed by atoms with Crippen LogP contribution in [0.15, 0.2) is 36.9 Å². The maximum atomic E-state index is 4.75. The van der Waals surface area contributed by atoms with E-state index in [1.165, 1.54) is 7.11 Å². The van der Waals surface area contributed by atoms with Crippen molar-refractivity contribution >= 4 is 5.82 Å². The number of hydrogen-bond donors (Lipinski definition) is 0. The van der Waals surface area contributed by atoms with Crippen LogP contribution in [-0.4, -0.2) is 12.1 Å². The van der Waals surface area contributed by atoms with Gasteiger partial charge in [0.05, 0.1) is 7.11 Å². The van der Waals surface area contributed by atoms with Crippen LogP contribution in [0.1, 0.15) is 0 Å². The number of methoxy groups -OCH3 is 1. The van der Waals surface area contributed by atoms with E-state index < -0.39 is 0 Å². The second kappa shape index (κ2) is 3.61. The van der Waals surface area contributed by atoms with E-state index >= 15 is 0 Å². The maximum absolute atomic E-state index is 4.75. The fourth-order valence-electron chi connectivity index (χ4n) is 0.593. The van der Waals surface area contributed by atoms with Gasteiger partial charge >= 0.3 is 0 Å². The zero-order chi connectivity index (χ0) is 8.10. The summed E-state index contributed by atoms with van der Waals surface area (Å²) in [6.07, 6.45) is 1.67. The highest BCUT2D eigenvalue weighted by atomic mass is 16.5. The Hall–Kier alpha value is -1.51. The molecule has 1 rings (SSSR count). The van der Waals surface area contributed by atoms with Crippen LogP contribution in [0.3, 0.4) is 0 Å². The van der Waals surface area contributed by atoms with E-state index in [0.717, 1.165) is 0 Å². The van der Waals surface area contributed by atoms with Gasteiger partial charge in [-0.05, 0) is 18.7 Å². The Bertz CT molecular complexity index is 233. The molecule has 0 bridgehead atoms. The van der Waals surface area contributed by atoms with Crippen LogP contribution in [0, 0.1) is 0 Å². The van der Waals surface area contributed by atoms with Crippen molar-refractivity contribution in [2.45, 2.75) is 0 Å². The topological polar surface area (TPSA) is 36.2 Å². The molecule has 1 heterocycles. The number of hydrogen-bond acceptors (Lipinski definition) is 2. The van der Waals surface area contributed by atoms with Crippen LogP contribution in [0.2, 0.25) is 0 Å². The Morgan fingerprint density at radius 2 is 2.45 bits per heavy atom. The quantitative estimate of drug-likeness (QED) is 0.609. The lowest BCUT2D eigenvalue weighted by atomic mass is 10.5. The summed E-state index contributed by atoms with van der Waals surface area (Å²) in [6.45, 7) is 3.54. The molecule has 0 unspecified atom stereocenters. The smallest absolute Gasteiger partial charge is 0.207 e. The van der Waals surface area contributed by atoms with Crippen molar-refractivity contribution in [2.24, 2.45) is 0 Å². The van der Waals surface area contributed by atoms with Crippen LogP contribution in [0.4, 0.5) is 5.82 Å². The van der Waals surface area contributed by atoms with Crippen molar-refractivity contribution in [1.29, 1.82) is 0 Å². The number of pyridine rings is 1. The standard InChI is InChI=1S/C8H9N2O/c1-7(11-2)10-8-5-3-4-6-9-8/h3-6H,1H2,2H3. The Morgan fingerprint density at radius 3 is 3.00 bits per heavy atom. The van der Waals surface area contributed by atoms with E-state index in [2.05, 4.69) is 16.9 Å². The molecule has 0 spiro atoms. The average molecular weight is 149 g/mol.